The Kier molecular flexibility index (Phi) is 8.72. The maximum absolute atomic E-state index is 13.3. The summed E-state index contributed by atoms with van der Waals surface area (Å²) in [6.07, 6.45) is 2.55. The molecule has 2 aromatic heterocycles. The third-order valence-electron chi connectivity index (χ3n) is 6.95. The SMILES string of the molecule is CCCc1nn(C)c2c1NC(c1cc(S(=O)(=O)NCCn3ccc(-c4ccc(C#N)c(Cl)c4)n3)ccc1OCC)NC2=O. The van der Waals surface area contributed by atoms with Crippen LogP contribution in [0.5, 0.6) is 5.75 Å². The van der Waals surface area contributed by atoms with Crippen LogP contribution >= 0.6 is 11.6 Å². The fourth-order valence-electron chi connectivity index (χ4n) is 4.93. The standard InChI is InChI=1S/C29H31ClN8O4S/c1-4-6-24-26-27(37(3)35-24)29(39)34-28(33-26)21-16-20(9-10-25(21)42-5-2)43(40,41)32-12-14-38-13-11-23(36-38)18-7-8-19(17-31)22(30)15-18/h7-11,13,15-16,28,32-33H,4-6,12,14H2,1-3H3,(H,34,39). The summed E-state index contributed by atoms with van der Waals surface area (Å²) in [6.45, 7) is 4.58. The number of nitriles is 1. The van der Waals surface area contributed by atoms with E-state index in [4.69, 9.17) is 21.6 Å². The Hall–Kier alpha value is -4.38. The molecule has 0 saturated carbocycles. The molecule has 12 nitrogen and oxygen atoms in total. The van der Waals surface area contributed by atoms with Gasteiger partial charge in [-0.05, 0) is 49.7 Å². The van der Waals surface area contributed by atoms with Gasteiger partial charge in [0.25, 0.3) is 5.91 Å². The van der Waals surface area contributed by atoms with E-state index < -0.39 is 16.2 Å². The summed E-state index contributed by atoms with van der Waals surface area (Å²) < 4.78 is 38.2. The smallest absolute Gasteiger partial charge is 0.273 e. The van der Waals surface area contributed by atoms with Gasteiger partial charge in [0.15, 0.2) is 0 Å². The van der Waals surface area contributed by atoms with Gasteiger partial charge in [0, 0.05) is 30.9 Å². The van der Waals surface area contributed by atoms with Crippen LogP contribution in [0.15, 0.2) is 53.6 Å². The third kappa shape index (κ3) is 6.22. The van der Waals surface area contributed by atoms with E-state index in [1.807, 2.05) is 19.9 Å². The number of aromatic nitrogens is 4. The van der Waals surface area contributed by atoms with Gasteiger partial charge in [-0.1, -0.05) is 31.0 Å². The molecule has 1 atom stereocenters. The van der Waals surface area contributed by atoms with Crippen LogP contribution in [0.3, 0.4) is 0 Å². The fourth-order valence-corrected chi connectivity index (χ4v) is 6.21. The van der Waals surface area contributed by atoms with Gasteiger partial charge in [0.2, 0.25) is 10.0 Å². The normalized spacial score (nSPS) is 14.5. The molecule has 0 spiro atoms. The number of carbonyl (C=O) groups excluding carboxylic acids is 1. The molecule has 2 aromatic carbocycles. The first-order valence-corrected chi connectivity index (χ1v) is 15.6. The van der Waals surface area contributed by atoms with E-state index >= 15 is 0 Å². The van der Waals surface area contributed by atoms with E-state index in [2.05, 4.69) is 25.6 Å². The van der Waals surface area contributed by atoms with Crippen molar-refractivity contribution in [3.63, 3.8) is 0 Å². The van der Waals surface area contributed by atoms with Crippen molar-refractivity contribution < 1.29 is 17.9 Å². The second kappa shape index (κ2) is 12.5. The van der Waals surface area contributed by atoms with Gasteiger partial charge in [-0.15, -0.1) is 0 Å². The van der Waals surface area contributed by atoms with Crippen molar-refractivity contribution in [1.82, 2.24) is 29.6 Å². The molecule has 1 aliphatic heterocycles. The maximum atomic E-state index is 13.3. The number of benzene rings is 2. The number of nitrogens with zero attached hydrogens (tertiary/aromatic N) is 5. The van der Waals surface area contributed by atoms with Gasteiger partial charge in [-0.2, -0.15) is 15.5 Å². The molecule has 0 aliphatic carbocycles. The zero-order valence-corrected chi connectivity index (χ0v) is 25.5. The van der Waals surface area contributed by atoms with E-state index in [-0.39, 0.29) is 23.9 Å². The average Bonchev–Trinajstić information content (AvgIpc) is 3.58. The van der Waals surface area contributed by atoms with Crippen LogP contribution in [0.2, 0.25) is 5.02 Å². The van der Waals surface area contributed by atoms with E-state index in [1.54, 1.807) is 52.9 Å². The first-order valence-electron chi connectivity index (χ1n) is 13.8. The predicted molar refractivity (Wildman–Crippen MR) is 161 cm³/mol. The number of sulfonamides is 1. The number of carbonyl (C=O) groups is 1. The minimum atomic E-state index is -3.92. The van der Waals surface area contributed by atoms with Crippen LogP contribution in [0.25, 0.3) is 11.3 Å². The van der Waals surface area contributed by atoms with Crippen molar-refractivity contribution >= 4 is 33.2 Å². The van der Waals surface area contributed by atoms with Crippen LogP contribution in [0.4, 0.5) is 5.69 Å². The van der Waals surface area contributed by atoms with Crippen LogP contribution < -0.4 is 20.1 Å². The quantitative estimate of drug-likeness (QED) is 0.227. The molecular weight excluding hydrogens is 592 g/mol. The van der Waals surface area contributed by atoms with Gasteiger partial charge in [0.1, 0.15) is 23.7 Å². The first kappa shape index (κ1) is 30.1. The topological polar surface area (TPSA) is 156 Å². The Bertz CT molecular complexity index is 1830. The molecule has 1 aliphatic rings. The molecule has 3 heterocycles. The monoisotopic (exact) mass is 622 g/mol. The Morgan fingerprint density at radius 1 is 1.14 bits per heavy atom. The first-order chi connectivity index (χ1) is 20.6. The molecule has 1 unspecified atom stereocenters. The average molecular weight is 623 g/mol. The van der Waals surface area contributed by atoms with Crippen molar-refractivity contribution in [1.29, 1.82) is 5.26 Å². The van der Waals surface area contributed by atoms with Crippen molar-refractivity contribution in [2.24, 2.45) is 7.05 Å². The van der Waals surface area contributed by atoms with Gasteiger partial charge >= 0.3 is 0 Å². The molecule has 3 N–H and O–H groups in total. The number of halogens is 1. The molecule has 224 valence electrons. The summed E-state index contributed by atoms with van der Waals surface area (Å²) in [4.78, 5) is 13.1. The second-order valence-electron chi connectivity index (χ2n) is 9.90. The zero-order chi connectivity index (χ0) is 30.7. The predicted octanol–water partition coefficient (Wildman–Crippen LogP) is 3.99. The van der Waals surface area contributed by atoms with Crippen LogP contribution in [-0.2, 0) is 30.0 Å². The summed E-state index contributed by atoms with van der Waals surface area (Å²) in [5, 5.41) is 24.7. The molecule has 0 fully saturated rings. The van der Waals surface area contributed by atoms with Crippen molar-refractivity contribution in [3.05, 3.63) is 76.2 Å². The second-order valence-corrected chi connectivity index (χ2v) is 12.1. The van der Waals surface area contributed by atoms with E-state index in [0.717, 1.165) is 17.7 Å². The summed E-state index contributed by atoms with van der Waals surface area (Å²) in [5.74, 6) is 0.141. The molecule has 0 saturated heterocycles. The lowest BCUT2D eigenvalue weighted by atomic mass is 10.1. The van der Waals surface area contributed by atoms with E-state index in [0.29, 0.717) is 52.0 Å². The molecule has 0 bridgehead atoms. The number of hydrogen-bond donors (Lipinski definition) is 3. The fraction of sp³-hybridized carbons (Fsp3) is 0.310. The van der Waals surface area contributed by atoms with Gasteiger partial charge in [-0.3, -0.25) is 14.2 Å². The molecule has 1 amide bonds. The largest absolute Gasteiger partial charge is 0.493 e. The number of aryl methyl sites for hydroxylation is 2. The van der Waals surface area contributed by atoms with Crippen LogP contribution in [-0.4, -0.2) is 47.0 Å². The molecule has 5 rings (SSSR count). The Morgan fingerprint density at radius 3 is 2.67 bits per heavy atom. The molecule has 4 aromatic rings. The number of amides is 1. The van der Waals surface area contributed by atoms with Crippen molar-refractivity contribution in [2.45, 2.75) is 44.3 Å². The summed E-state index contributed by atoms with van der Waals surface area (Å²) in [7, 11) is -2.20. The third-order valence-corrected chi connectivity index (χ3v) is 8.72. The Balaban J connectivity index is 1.32. The highest BCUT2D eigenvalue weighted by atomic mass is 35.5. The van der Waals surface area contributed by atoms with Gasteiger partial charge < -0.3 is 15.4 Å². The number of rotatable bonds is 11. The summed E-state index contributed by atoms with van der Waals surface area (Å²) in [5.41, 5.74) is 4.07. The summed E-state index contributed by atoms with van der Waals surface area (Å²) >= 11 is 6.15. The lowest BCUT2D eigenvalue weighted by Gasteiger charge is -2.28. The molecular formula is C29H31ClN8O4S. The highest BCUT2D eigenvalue weighted by Gasteiger charge is 2.33. The minimum absolute atomic E-state index is 0.0288. The van der Waals surface area contributed by atoms with Gasteiger partial charge in [0.05, 0.1) is 45.7 Å². The Morgan fingerprint density at radius 2 is 1.95 bits per heavy atom. The lowest BCUT2D eigenvalue weighted by molar-refractivity contribution is 0.0925. The highest BCUT2D eigenvalue weighted by Crippen LogP contribution is 2.35. The van der Waals surface area contributed by atoms with Gasteiger partial charge in [-0.25, -0.2) is 13.1 Å². The van der Waals surface area contributed by atoms with E-state index in [9.17, 15) is 13.2 Å². The lowest BCUT2D eigenvalue weighted by Crippen LogP contribution is -2.39. The summed E-state index contributed by atoms with van der Waals surface area (Å²) in [6, 6.07) is 13.4. The number of nitrogens with one attached hydrogen (secondary N) is 3. The van der Waals surface area contributed by atoms with Crippen molar-refractivity contribution in [2.75, 3.05) is 18.5 Å². The molecule has 0 radical (unpaired) electrons. The highest BCUT2D eigenvalue weighted by molar-refractivity contribution is 7.89. The Labute approximate surface area is 254 Å². The van der Waals surface area contributed by atoms with E-state index in [1.165, 1.54) is 12.1 Å². The number of ether oxygens (including phenoxy) is 1. The zero-order valence-electron chi connectivity index (χ0n) is 23.9. The minimum Gasteiger partial charge on any atom is -0.493 e. The van der Waals surface area contributed by atoms with Crippen molar-refractivity contribution in [3.8, 4) is 23.1 Å². The number of fused-ring (bicyclic) bond motifs is 1. The maximum Gasteiger partial charge on any atom is 0.273 e. The van der Waals surface area contributed by atoms with Crippen LogP contribution in [0.1, 0.15) is 53.7 Å². The number of hydrogen-bond acceptors (Lipinski definition) is 8. The molecule has 43 heavy (non-hydrogen) atoms. The molecule has 14 heteroatoms. The number of anilines is 1. The van der Waals surface area contributed by atoms with Crippen LogP contribution in [0, 0.1) is 11.3 Å².